The van der Waals surface area contributed by atoms with Gasteiger partial charge in [-0.3, -0.25) is 0 Å². The van der Waals surface area contributed by atoms with Gasteiger partial charge in [0.25, 0.3) is 0 Å². The number of ether oxygens (including phenoxy) is 1. The minimum Gasteiger partial charge on any atom is -0.496 e. The summed E-state index contributed by atoms with van der Waals surface area (Å²) in [5.41, 5.74) is 1.86. The Balaban J connectivity index is 3.14. The molecule has 2 heteroatoms. The molecule has 1 unspecified atom stereocenters. The van der Waals surface area contributed by atoms with E-state index in [1.807, 2.05) is 25.1 Å². The van der Waals surface area contributed by atoms with Crippen LogP contribution in [0.4, 0.5) is 0 Å². The summed E-state index contributed by atoms with van der Waals surface area (Å²) in [7, 11) is 1.59. The molecule has 13 heavy (non-hydrogen) atoms. The van der Waals surface area contributed by atoms with Crippen molar-refractivity contribution >= 4 is 0 Å². The monoisotopic (exact) mass is 178 g/mol. The van der Waals surface area contributed by atoms with Gasteiger partial charge in [-0.25, -0.2) is 0 Å². The fourth-order valence-corrected chi connectivity index (χ4v) is 1.21. The zero-order valence-electron chi connectivity index (χ0n) is 7.95. The molecule has 0 saturated heterocycles. The third-order valence-electron chi connectivity index (χ3n) is 1.93. The lowest BCUT2D eigenvalue weighted by Crippen LogP contribution is -1.97. The number of aryl methyl sites for hydroxylation is 1. The van der Waals surface area contributed by atoms with Crippen molar-refractivity contribution < 1.29 is 9.84 Å². The van der Waals surface area contributed by atoms with Crippen molar-refractivity contribution in [3.8, 4) is 5.75 Å². The lowest BCUT2D eigenvalue weighted by Gasteiger charge is -2.11. The van der Waals surface area contributed by atoms with Crippen molar-refractivity contribution in [1.82, 2.24) is 0 Å². The van der Waals surface area contributed by atoms with E-state index in [1.54, 1.807) is 7.11 Å². The first kappa shape index (κ1) is 9.81. The molecule has 1 atom stereocenters. The number of rotatable bonds is 3. The second-order valence-corrected chi connectivity index (χ2v) is 2.93. The molecule has 0 saturated carbocycles. The third kappa shape index (κ3) is 2.10. The van der Waals surface area contributed by atoms with Crippen LogP contribution in [0.1, 0.15) is 17.2 Å². The van der Waals surface area contributed by atoms with Gasteiger partial charge in [0.1, 0.15) is 11.9 Å². The number of benzene rings is 1. The molecule has 0 bridgehead atoms. The van der Waals surface area contributed by atoms with Crippen LogP contribution in [0.2, 0.25) is 0 Å². The van der Waals surface area contributed by atoms with Gasteiger partial charge >= 0.3 is 0 Å². The van der Waals surface area contributed by atoms with E-state index in [4.69, 9.17) is 4.74 Å². The highest BCUT2D eigenvalue weighted by atomic mass is 16.5. The number of hydrogen-bond donors (Lipinski definition) is 1. The van der Waals surface area contributed by atoms with Crippen molar-refractivity contribution in [3.63, 3.8) is 0 Å². The Labute approximate surface area is 78.5 Å². The van der Waals surface area contributed by atoms with Gasteiger partial charge in [-0.2, -0.15) is 0 Å². The minimum atomic E-state index is -0.658. The average Bonchev–Trinajstić information content (AvgIpc) is 2.16. The van der Waals surface area contributed by atoms with E-state index in [-0.39, 0.29) is 0 Å². The van der Waals surface area contributed by atoms with E-state index in [0.29, 0.717) is 5.75 Å². The quantitative estimate of drug-likeness (QED) is 0.719. The summed E-state index contributed by atoms with van der Waals surface area (Å²) in [6.45, 7) is 5.51. The van der Waals surface area contributed by atoms with Crippen molar-refractivity contribution in [2.24, 2.45) is 0 Å². The Kier molecular flexibility index (Phi) is 3.09. The second-order valence-electron chi connectivity index (χ2n) is 2.93. The zero-order valence-corrected chi connectivity index (χ0v) is 7.95. The van der Waals surface area contributed by atoms with Gasteiger partial charge in [-0.1, -0.05) is 17.7 Å². The normalized spacial score (nSPS) is 12.2. The highest BCUT2D eigenvalue weighted by Crippen LogP contribution is 2.26. The average molecular weight is 178 g/mol. The predicted octanol–water partition coefficient (Wildman–Crippen LogP) is 2.22. The standard InChI is InChI=1S/C11H14O2/c1-4-10(12)9-7-8(2)5-6-11(9)13-3/h4-7,10,12H,1H2,2-3H3. The van der Waals surface area contributed by atoms with E-state index in [1.165, 1.54) is 6.08 Å². The lowest BCUT2D eigenvalue weighted by molar-refractivity contribution is 0.223. The molecule has 2 nitrogen and oxygen atoms in total. The summed E-state index contributed by atoms with van der Waals surface area (Å²) in [4.78, 5) is 0. The summed E-state index contributed by atoms with van der Waals surface area (Å²) in [5, 5.41) is 9.57. The van der Waals surface area contributed by atoms with Crippen LogP contribution in [0.5, 0.6) is 5.75 Å². The van der Waals surface area contributed by atoms with Gasteiger partial charge < -0.3 is 9.84 Å². The van der Waals surface area contributed by atoms with Crippen LogP contribution in [0.15, 0.2) is 30.9 Å². The zero-order chi connectivity index (χ0) is 9.84. The lowest BCUT2D eigenvalue weighted by atomic mass is 10.1. The van der Waals surface area contributed by atoms with Crippen LogP contribution >= 0.6 is 0 Å². The van der Waals surface area contributed by atoms with E-state index >= 15 is 0 Å². The fraction of sp³-hybridized carbons (Fsp3) is 0.273. The van der Waals surface area contributed by atoms with E-state index < -0.39 is 6.10 Å². The molecule has 0 radical (unpaired) electrons. The summed E-state index contributed by atoms with van der Waals surface area (Å²) < 4.78 is 5.12. The number of hydrogen-bond acceptors (Lipinski definition) is 2. The summed E-state index contributed by atoms with van der Waals surface area (Å²) >= 11 is 0. The Hall–Kier alpha value is -1.28. The van der Waals surface area contributed by atoms with Gasteiger partial charge in [-0.05, 0) is 19.1 Å². The smallest absolute Gasteiger partial charge is 0.125 e. The topological polar surface area (TPSA) is 29.5 Å². The van der Waals surface area contributed by atoms with E-state index in [9.17, 15) is 5.11 Å². The molecule has 1 aromatic carbocycles. The van der Waals surface area contributed by atoms with Crippen LogP contribution in [0.25, 0.3) is 0 Å². The number of methoxy groups -OCH3 is 1. The maximum absolute atomic E-state index is 9.57. The molecular weight excluding hydrogens is 164 g/mol. The molecule has 0 fully saturated rings. The Morgan fingerprint density at radius 2 is 2.23 bits per heavy atom. The first-order chi connectivity index (χ1) is 6.19. The largest absolute Gasteiger partial charge is 0.496 e. The predicted molar refractivity (Wildman–Crippen MR) is 52.9 cm³/mol. The summed E-state index contributed by atoms with van der Waals surface area (Å²) in [6.07, 6.45) is 0.826. The van der Waals surface area contributed by atoms with Crippen molar-refractivity contribution in [2.75, 3.05) is 7.11 Å². The molecule has 0 heterocycles. The molecule has 1 aromatic rings. The van der Waals surface area contributed by atoms with Crippen LogP contribution in [-0.2, 0) is 0 Å². The first-order valence-electron chi connectivity index (χ1n) is 4.14. The Morgan fingerprint density at radius 3 is 2.77 bits per heavy atom. The molecule has 0 spiro atoms. The Bertz CT molecular complexity index is 305. The molecule has 0 aromatic heterocycles. The highest BCUT2D eigenvalue weighted by Gasteiger charge is 2.09. The second kappa shape index (κ2) is 4.10. The highest BCUT2D eigenvalue weighted by molar-refractivity contribution is 5.39. The van der Waals surface area contributed by atoms with Gasteiger partial charge in [-0.15, -0.1) is 6.58 Å². The molecule has 0 aliphatic carbocycles. The number of aliphatic hydroxyl groups excluding tert-OH is 1. The van der Waals surface area contributed by atoms with Crippen molar-refractivity contribution in [3.05, 3.63) is 42.0 Å². The molecule has 1 N–H and O–H groups in total. The van der Waals surface area contributed by atoms with Gasteiger partial charge in [0.05, 0.1) is 7.11 Å². The molecule has 0 amide bonds. The summed E-state index contributed by atoms with van der Waals surface area (Å²) in [6, 6.07) is 5.68. The molecule has 70 valence electrons. The minimum absolute atomic E-state index is 0.658. The Morgan fingerprint density at radius 1 is 1.54 bits per heavy atom. The van der Waals surface area contributed by atoms with Crippen LogP contribution < -0.4 is 4.74 Å². The van der Waals surface area contributed by atoms with Gasteiger partial charge in [0.15, 0.2) is 0 Å². The van der Waals surface area contributed by atoms with Gasteiger partial charge in [0, 0.05) is 5.56 Å². The van der Waals surface area contributed by atoms with E-state index in [0.717, 1.165) is 11.1 Å². The van der Waals surface area contributed by atoms with Crippen LogP contribution in [0.3, 0.4) is 0 Å². The first-order valence-corrected chi connectivity index (χ1v) is 4.14. The molecule has 0 aliphatic heterocycles. The van der Waals surface area contributed by atoms with Crippen LogP contribution in [0, 0.1) is 6.92 Å². The molecular formula is C11H14O2. The van der Waals surface area contributed by atoms with E-state index in [2.05, 4.69) is 6.58 Å². The summed E-state index contributed by atoms with van der Waals surface area (Å²) in [5.74, 6) is 0.693. The fourth-order valence-electron chi connectivity index (χ4n) is 1.21. The maximum Gasteiger partial charge on any atom is 0.125 e. The molecule has 0 aliphatic rings. The van der Waals surface area contributed by atoms with Gasteiger partial charge in [0.2, 0.25) is 0 Å². The maximum atomic E-state index is 9.57. The van der Waals surface area contributed by atoms with Crippen molar-refractivity contribution in [1.29, 1.82) is 0 Å². The third-order valence-corrected chi connectivity index (χ3v) is 1.93. The van der Waals surface area contributed by atoms with Crippen LogP contribution in [-0.4, -0.2) is 12.2 Å². The SMILES string of the molecule is C=CC(O)c1cc(C)ccc1OC. The van der Waals surface area contributed by atoms with Crippen molar-refractivity contribution in [2.45, 2.75) is 13.0 Å². The number of aliphatic hydroxyl groups is 1. The molecule has 1 rings (SSSR count).